The van der Waals surface area contributed by atoms with Crippen molar-refractivity contribution in [2.75, 3.05) is 157 Å². The Kier molecular flexibility index (Phi) is 55.9. The van der Waals surface area contributed by atoms with Crippen LogP contribution in [0.25, 0.3) is 0 Å². The smallest absolute Gasteiger partial charge is 0.176 e. The summed E-state index contributed by atoms with van der Waals surface area (Å²) in [5, 5.41) is 76.6. The van der Waals surface area contributed by atoms with Gasteiger partial charge in [0.1, 0.15) is 36.6 Å². The number of nitrogens with zero attached hydrogens (tertiary/aromatic N) is 3. The third-order valence-corrected chi connectivity index (χ3v) is 16.1. The minimum Gasteiger partial charge on any atom is -0.394 e. The van der Waals surface area contributed by atoms with Gasteiger partial charge in [0.2, 0.25) is 0 Å². The van der Waals surface area contributed by atoms with Crippen molar-refractivity contribution in [3.63, 3.8) is 0 Å². The molecule has 29 heteroatoms. The topological polar surface area (TPSA) is 534 Å². The molecule has 0 aliphatic carbocycles. The maximum Gasteiger partial charge on any atom is 0.176 e. The molecule has 29 nitrogen and oxygen atoms in total. The number of nitrogens with two attached hydrogens (primary N) is 12. The van der Waals surface area contributed by atoms with Gasteiger partial charge in [0.25, 0.3) is 0 Å². The fraction of sp³-hybridized carbons (Fsp3) is 1.00. The van der Waals surface area contributed by atoms with Crippen LogP contribution in [0.5, 0.6) is 0 Å². The first kappa shape index (κ1) is 87.9. The van der Waals surface area contributed by atoms with Gasteiger partial charge in [-0.3, -0.25) is 14.7 Å². The Labute approximate surface area is 524 Å². The molecule has 3 aliphatic heterocycles. The third-order valence-electron chi connectivity index (χ3n) is 16.1. The van der Waals surface area contributed by atoms with Gasteiger partial charge in [-0.1, -0.05) is 54.4 Å². The molecule has 0 aromatic carbocycles. The van der Waals surface area contributed by atoms with Crippen molar-refractivity contribution < 1.29 is 59.4 Å². The summed E-state index contributed by atoms with van der Waals surface area (Å²) in [5.74, 6) is 2.31. The molecule has 3 aliphatic rings. The van der Waals surface area contributed by atoms with Gasteiger partial charge < -0.3 is 139 Å². The molecular formula is C58H137N17O12. The predicted molar refractivity (Wildman–Crippen MR) is 347 cm³/mol. The third kappa shape index (κ3) is 36.8. The number of aliphatic hydroxyl groups excluding tert-OH is 7. The van der Waals surface area contributed by atoms with E-state index in [2.05, 4.69) is 53.0 Å². The minimum atomic E-state index is -1.54. The average molecular weight is 1260 g/mol. The zero-order chi connectivity index (χ0) is 66.3. The Morgan fingerprint density at radius 2 is 0.874 bits per heavy atom. The molecule has 87 heavy (non-hydrogen) atoms. The first-order valence-corrected chi connectivity index (χ1v) is 32.8. The molecule has 11 unspecified atom stereocenters. The normalized spacial score (nSPS) is 28.2. The van der Waals surface area contributed by atoms with E-state index in [0.29, 0.717) is 55.9 Å². The second kappa shape index (κ2) is 55.3. The van der Waals surface area contributed by atoms with Crippen LogP contribution in [0.15, 0.2) is 0 Å². The van der Waals surface area contributed by atoms with E-state index in [1.165, 1.54) is 6.42 Å². The Hall–Kier alpha value is -1.16. The van der Waals surface area contributed by atoms with E-state index in [1.807, 2.05) is 20.8 Å². The zero-order valence-electron chi connectivity index (χ0n) is 55.0. The van der Waals surface area contributed by atoms with Crippen LogP contribution in [0.4, 0.5) is 0 Å². The monoisotopic (exact) mass is 1260 g/mol. The van der Waals surface area contributed by atoms with E-state index in [-0.39, 0.29) is 13.0 Å². The fourth-order valence-electron chi connectivity index (χ4n) is 10.1. The van der Waals surface area contributed by atoms with Crippen LogP contribution in [0.3, 0.4) is 0 Å². The highest BCUT2D eigenvalue weighted by Crippen LogP contribution is 2.31. The Balaban J connectivity index is 0. The molecule has 0 bridgehead atoms. The molecule has 0 amide bonds. The van der Waals surface area contributed by atoms with Crippen molar-refractivity contribution in [3.05, 3.63) is 0 Å². The van der Waals surface area contributed by atoms with Crippen LogP contribution < -0.4 is 79.4 Å². The van der Waals surface area contributed by atoms with E-state index < -0.39 is 99.0 Å². The van der Waals surface area contributed by atoms with Gasteiger partial charge in [-0.25, -0.2) is 0 Å². The van der Waals surface area contributed by atoms with Gasteiger partial charge in [-0.05, 0) is 95.4 Å². The summed E-state index contributed by atoms with van der Waals surface area (Å²) in [7, 11) is 0. The summed E-state index contributed by atoms with van der Waals surface area (Å²) in [6, 6.07) is -3.14. The molecule has 526 valence electrons. The minimum absolute atomic E-state index is 0.0920. The quantitative estimate of drug-likeness (QED) is 0.0253. The van der Waals surface area contributed by atoms with Gasteiger partial charge in [0.15, 0.2) is 18.9 Å². The molecule has 0 spiro atoms. The summed E-state index contributed by atoms with van der Waals surface area (Å²) in [5.41, 5.74) is 69.3. The Morgan fingerprint density at radius 3 is 1.25 bits per heavy atom. The number of ether oxygens (including phenoxy) is 5. The van der Waals surface area contributed by atoms with Crippen molar-refractivity contribution >= 4 is 0 Å². The lowest BCUT2D eigenvalue weighted by Crippen LogP contribution is -2.68. The summed E-state index contributed by atoms with van der Waals surface area (Å²) in [6.07, 6.45) is -5.78. The lowest BCUT2D eigenvalue weighted by Gasteiger charge is -2.48. The van der Waals surface area contributed by atoms with Crippen LogP contribution in [0.1, 0.15) is 99.8 Å². The van der Waals surface area contributed by atoms with E-state index >= 15 is 0 Å². The lowest BCUT2D eigenvalue weighted by atomic mass is 9.82. The van der Waals surface area contributed by atoms with Crippen molar-refractivity contribution in [1.82, 2.24) is 25.3 Å². The fourth-order valence-corrected chi connectivity index (χ4v) is 10.1. The second-order valence-corrected chi connectivity index (χ2v) is 23.0. The first-order chi connectivity index (χ1) is 41.7. The molecule has 19 atom stereocenters. The summed E-state index contributed by atoms with van der Waals surface area (Å²) in [4.78, 5) is 7.33. The highest BCUT2D eigenvalue weighted by Gasteiger charge is 2.51. The van der Waals surface area contributed by atoms with Gasteiger partial charge in [-0.2, -0.15) is 0 Å². The molecule has 0 radical (unpaired) electrons. The second-order valence-electron chi connectivity index (χ2n) is 23.0. The van der Waals surface area contributed by atoms with E-state index in [1.54, 1.807) is 0 Å². The van der Waals surface area contributed by atoms with Crippen molar-refractivity contribution in [2.45, 2.75) is 192 Å². The van der Waals surface area contributed by atoms with Crippen molar-refractivity contribution in [1.29, 1.82) is 0 Å². The number of hydrogen-bond acceptors (Lipinski definition) is 29. The van der Waals surface area contributed by atoms with Gasteiger partial charge in [0, 0.05) is 117 Å². The van der Waals surface area contributed by atoms with Crippen LogP contribution >= 0.6 is 0 Å². The van der Waals surface area contributed by atoms with Gasteiger partial charge >= 0.3 is 0 Å². The highest BCUT2D eigenvalue weighted by molar-refractivity contribution is 4.98. The SMILES string of the molecule is CC.CCC(C)N.CCC(CN)CC(CN)CC(CN)CC(CC)CN.CCCNCCN(CCN)CCN(CCNCCN)CCN(CCN)CCN.NC1[C@H](O[C@@H]2C(CO)O[C@@H](O)C(N)[C@H]2O)OC(CO)[C@@H](O[C@@H]2OC(CO)C[C@H](O)C2N)[C@@H]1O. The van der Waals surface area contributed by atoms with Gasteiger partial charge in [-0.15, -0.1) is 0 Å². The lowest BCUT2D eigenvalue weighted by molar-refractivity contribution is -0.343. The number of aliphatic hydroxyl groups is 7. The molecule has 3 fully saturated rings. The van der Waals surface area contributed by atoms with E-state index in [9.17, 15) is 35.7 Å². The summed E-state index contributed by atoms with van der Waals surface area (Å²) in [6.45, 7) is 31.6. The molecule has 3 heterocycles. The number of rotatable bonds is 42. The summed E-state index contributed by atoms with van der Waals surface area (Å²) < 4.78 is 27.7. The number of hydrogen-bond donors (Lipinski definition) is 21. The first-order valence-electron chi connectivity index (χ1n) is 32.8. The van der Waals surface area contributed by atoms with Crippen LogP contribution in [0.2, 0.25) is 0 Å². The molecule has 0 aromatic rings. The largest absolute Gasteiger partial charge is 0.394 e. The number of nitrogens with one attached hydrogen (secondary N) is 2. The average Bonchev–Trinajstić information content (AvgIpc) is 3.35. The van der Waals surface area contributed by atoms with Crippen LogP contribution in [-0.4, -0.2) is 300 Å². The molecule has 3 saturated heterocycles. The molecule has 0 saturated carbocycles. The van der Waals surface area contributed by atoms with Crippen LogP contribution in [-0.2, 0) is 23.7 Å². The Bertz CT molecular complexity index is 1480. The molecule has 3 rings (SSSR count). The van der Waals surface area contributed by atoms with E-state index in [4.69, 9.17) is 92.5 Å². The zero-order valence-corrected chi connectivity index (χ0v) is 55.0. The summed E-state index contributed by atoms with van der Waals surface area (Å²) >= 11 is 0. The van der Waals surface area contributed by atoms with Crippen molar-refractivity contribution in [3.8, 4) is 0 Å². The molecule has 0 aromatic heterocycles. The molecule has 33 N–H and O–H groups in total. The Morgan fingerprint density at radius 1 is 0.483 bits per heavy atom. The predicted octanol–water partition coefficient (Wildman–Crippen LogP) is -6.28. The molecular weight excluding hydrogens is 1130 g/mol. The maximum atomic E-state index is 10.8. The highest BCUT2D eigenvalue weighted by atomic mass is 16.7. The standard InChI is InChI=1S/C19H49N9.C18H35N3O12.C15H36N4.C4H11N.C2H6/c1-2-7-24-9-14-27(13-6-23)17-19-28(15-10-25-8-3-20)18-16-26(11-4-21)12-5-22;19-9-6(25)1-5(2-22)29-17(9)32-15-8(4-24)31-18(11(21)13(15)27)33-14-7(3-23)30-16(28)10(20)12(14)26;1-3-12(8-16)5-14(10-18)7-15(11-19)6-13(4-2)9-17;1-3-4(2)5;1-2/h24-25H,2-23H2,1H3;5-18,22-28H,1-4,19-21H2;12-15H,3-11,16-19H2,1-2H3;4H,3,5H2,1-2H3;1-2H3/t;5?,6-,7?,8?,9?,10?,11?,12+,13+,14+,15+,16+,17-,18-;;;/m.0.../s1. The van der Waals surface area contributed by atoms with E-state index in [0.717, 1.165) is 150 Å². The van der Waals surface area contributed by atoms with Gasteiger partial charge in [0.05, 0.1) is 50.2 Å². The maximum absolute atomic E-state index is 10.8. The van der Waals surface area contributed by atoms with Crippen LogP contribution in [0, 0.1) is 23.7 Å². The van der Waals surface area contributed by atoms with Crippen molar-refractivity contribution in [2.24, 2.45) is 92.5 Å².